The fourth-order valence-corrected chi connectivity index (χ4v) is 4.50. The van der Waals surface area contributed by atoms with Crippen LogP contribution in [0.2, 0.25) is 0 Å². The topological polar surface area (TPSA) is 51.0 Å². The Bertz CT molecular complexity index is 675. The van der Waals surface area contributed by atoms with Gasteiger partial charge in [0.2, 0.25) is 5.91 Å². The van der Waals surface area contributed by atoms with E-state index in [1.54, 1.807) is 23.1 Å². The second-order valence-corrected chi connectivity index (χ2v) is 8.37. The number of rotatable bonds is 8. The third-order valence-corrected chi connectivity index (χ3v) is 6.19. The predicted octanol–water partition coefficient (Wildman–Crippen LogP) is 3.61. The van der Waals surface area contributed by atoms with Crippen LogP contribution < -0.4 is 0 Å². The van der Waals surface area contributed by atoms with Gasteiger partial charge in [0.15, 0.2) is 5.16 Å². The Morgan fingerprint density at radius 2 is 2.17 bits per heavy atom. The molecule has 1 unspecified atom stereocenters. The van der Waals surface area contributed by atoms with Crippen LogP contribution in [0.15, 0.2) is 22.7 Å². The smallest absolute Gasteiger partial charge is 0.235 e. The van der Waals surface area contributed by atoms with Gasteiger partial charge in [-0.25, -0.2) is 0 Å². The Balaban J connectivity index is 1.76. The van der Waals surface area contributed by atoms with Crippen LogP contribution in [0.25, 0.3) is 0 Å². The first-order valence-corrected chi connectivity index (χ1v) is 10.3. The van der Waals surface area contributed by atoms with Crippen molar-refractivity contribution < 1.29 is 4.79 Å². The molecule has 1 aliphatic rings. The normalized spacial score (nSPS) is 15.5. The number of hydrogen-bond acceptors (Lipinski definition) is 5. The van der Waals surface area contributed by atoms with Crippen molar-refractivity contribution in [1.29, 1.82) is 0 Å². The number of aromatic nitrogens is 3. The van der Waals surface area contributed by atoms with Crippen molar-refractivity contribution in [2.24, 2.45) is 0 Å². The molecule has 2 aromatic rings. The van der Waals surface area contributed by atoms with Crippen molar-refractivity contribution in [1.82, 2.24) is 19.7 Å². The van der Waals surface area contributed by atoms with Crippen molar-refractivity contribution in [2.45, 2.75) is 56.5 Å². The minimum absolute atomic E-state index is 0.138. The molecule has 1 atom stereocenters. The van der Waals surface area contributed by atoms with E-state index in [1.165, 1.54) is 17.7 Å². The lowest BCUT2D eigenvalue weighted by Crippen LogP contribution is -2.36. The van der Waals surface area contributed by atoms with Gasteiger partial charge >= 0.3 is 0 Å². The molecule has 5 nitrogen and oxygen atoms in total. The third-order valence-electron chi connectivity index (χ3n) is 4.26. The van der Waals surface area contributed by atoms with Crippen LogP contribution in [-0.2, 0) is 11.2 Å². The summed E-state index contributed by atoms with van der Waals surface area (Å²) in [6, 6.07) is 4.71. The Hall–Kier alpha value is -1.34. The largest absolute Gasteiger partial charge is 0.342 e. The van der Waals surface area contributed by atoms with Gasteiger partial charge in [0.05, 0.1) is 5.25 Å². The van der Waals surface area contributed by atoms with E-state index < -0.39 is 0 Å². The molecule has 0 spiro atoms. The van der Waals surface area contributed by atoms with E-state index in [-0.39, 0.29) is 11.2 Å². The predicted molar refractivity (Wildman–Crippen MR) is 98.7 cm³/mol. The molecule has 0 saturated heterocycles. The van der Waals surface area contributed by atoms with Crippen LogP contribution in [-0.4, -0.2) is 43.9 Å². The van der Waals surface area contributed by atoms with Gasteiger partial charge in [0.25, 0.3) is 0 Å². The van der Waals surface area contributed by atoms with Crippen LogP contribution in [0.5, 0.6) is 0 Å². The number of nitrogens with zero attached hydrogens (tertiary/aromatic N) is 4. The molecule has 2 aromatic heterocycles. The van der Waals surface area contributed by atoms with Crippen molar-refractivity contribution in [3.63, 3.8) is 0 Å². The number of amides is 1. The lowest BCUT2D eigenvalue weighted by atomic mass is 10.3. The molecule has 130 valence electrons. The quantitative estimate of drug-likeness (QED) is 0.672. The zero-order chi connectivity index (χ0) is 17.1. The molecule has 0 aromatic carbocycles. The summed E-state index contributed by atoms with van der Waals surface area (Å²) in [5.74, 6) is 1.19. The molecule has 0 radical (unpaired) electrons. The maximum Gasteiger partial charge on any atom is 0.235 e. The second kappa shape index (κ2) is 7.70. The maximum atomic E-state index is 12.5. The monoisotopic (exact) mass is 364 g/mol. The second-order valence-electron chi connectivity index (χ2n) is 6.03. The molecular formula is C17H24N4OS2. The molecule has 3 rings (SSSR count). The lowest BCUT2D eigenvalue weighted by Gasteiger charge is -2.22. The van der Waals surface area contributed by atoms with Gasteiger partial charge in [-0.1, -0.05) is 17.8 Å². The zero-order valence-electron chi connectivity index (χ0n) is 14.4. The molecule has 0 bridgehead atoms. The SMILES string of the molecule is CCN(CC)C(=O)C(C)Sc1nnc(Cc2cccs2)n1C1CC1. The highest BCUT2D eigenvalue weighted by molar-refractivity contribution is 8.00. The molecule has 2 heterocycles. The summed E-state index contributed by atoms with van der Waals surface area (Å²) >= 11 is 3.29. The molecule has 24 heavy (non-hydrogen) atoms. The number of carbonyl (C=O) groups excluding carboxylic acids is 1. The van der Waals surface area contributed by atoms with E-state index >= 15 is 0 Å². The first-order valence-electron chi connectivity index (χ1n) is 8.55. The molecule has 1 amide bonds. The summed E-state index contributed by atoms with van der Waals surface area (Å²) < 4.78 is 2.26. The van der Waals surface area contributed by atoms with Crippen LogP contribution in [0.4, 0.5) is 0 Å². The fourth-order valence-electron chi connectivity index (χ4n) is 2.78. The third kappa shape index (κ3) is 3.83. The molecule has 0 N–H and O–H groups in total. The van der Waals surface area contributed by atoms with Gasteiger partial charge in [-0.3, -0.25) is 4.79 Å². The Kier molecular flexibility index (Phi) is 5.61. The summed E-state index contributed by atoms with van der Waals surface area (Å²) in [7, 11) is 0. The summed E-state index contributed by atoms with van der Waals surface area (Å²) in [5.41, 5.74) is 0. The van der Waals surface area contributed by atoms with E-state index in [1.807, 2.05) is 25.7 Å². The Morgan fingerprint density at radius 3 is 2.75 bits per heavy atom. The maximum absolute atomic E-state index is 12.5. The van der Waals surface area contributed by atoms with Crippen molar-refractivity contribution in [3.05, 3.63) is 28.2 Å². The van der Waals surface area contributed by atoms with E-state index in [2.05, 4.69) is 32.3 Å². The van der Waals surface area contributed by atoms with Gasteiger partial charge in [-0.2, -0.15) is 0 Å². The van der Waals surface area contributed by atoms with Crippen molar-refractivity contribution >= 4 is 29.0 Å². The standard InChI is InChI=1S/C17H24N4OS2/c1-4-20(5-2)16(22)12(3)24-17-19-18-15(21(17)13-8-9-13)11-14-7-6-10-23-14/h6-7,10,12-13H,4-5,8-9,11H2,1-3H3. The number of thioether (sulfide) groups is 1. The first kappa shape index (κ1) is 17.5. The molecule has 0 aliphatic heterocycles. The average Bonchev–Trinajstić information content (AvgIpc) is 3.14. The van der Waals surface area contributed by atoms with E-state index in [4.69, 9.17) is 0 Å². The highest BCUT2D eigenvalue weighted by atomic mass is 32.2. The molecular weight excluding hydrogens is 340 g/mol. The van der Waals surface area contributed by atoms with Gasteiger partial charge < -0.3 is 9.47 Å². The van der Waals surface area contributed by atoms with E-state index in [9.17, 15) is 4.79 Å². The molecule has 1 aliphatic carbocycles. The van der Waals surface area contributed by atoms with Crippen molar-refractivity contribution in [3.8, 4) is 0 Å². The van der Waals surface area contributed by atoms with Crippen LogP contribution >= 0.6 is 23.1 Å². The van der Waals surface area contributed by atoms with E-state index in [0.717, 1.165) is 30.5 Å². The highest BCUT2D eigenvalue weighted by Crippen LogP contribution is 2.40. The van der Waals surface area contributed by atoms with Gasteiger partial charge in [0, 0.05) is 30.4 Å². The lowest BCUT2D eigenvalue weighted by molar-refractivity contribution is -0.129. The molecule has 7 heteroatoms. The van der Waals surface area contributed by atoms with Crippen LogP contribution in [0.3, 0.4) is 0 Å². The summed E-state index contributed by atoms with van der Waals surface area (Å²) in [6.07, 6.45) is 3.18. The highest BCUT2D eigenvalue weighted by Gasteiger charge is 2.31. The van der Waals surface area contributed by atoms with Crippen LogP contribution in [0, 0.1) is 0 Å². The minimum Gasteiger partial charge on any atom is -0.342 e. The average molecular weight is 365 g/mol. The first-order chi connectivity index (χ1) is 11.6. The molecule has 1 fully saturated rings. The van der Waals surface area contributed by atoms with Crippen LogP contribution in [0.1, 0.15) is 50.4 Å². The van der Waals surface area contributed by atoms with Gasteiger partial charge in [0.1, 0.15) is 5.82 Å². The number of hydrogen-bond donors (Lipinski definition) is 0. The van der Waals surface area contributed by atoms with Gasteiger partial charge in [-0.05, 0) is 45.1 Å². The Labute approximate surface area is 151 Å². The minimum atomic E-state index is -0.138. The Morgan fingerprint density at radius 1 is 1.42 bits per heavy atom. The number of carbonyl (C=O) groups is 1. The molecule has 1 saturated carbocycles. The fraction of sp³-hybridized carbons (Fsp3) is 0.588. The summed E-state index contributed by atoms with van der Waals surface area (Å²) in [4.78, 5) is 15.7. The van der Waals surface area contributed by atoms with E-state index in [0.29, 0.717) is 6.04 Å². The van der Waals surface area contributed by atoms with Crippen molar-refractivity contribution in [2.75, 3.05) is 13.1 Å². The number of thiophene rings is 1. The summed E-state index contributed by atoms with van der Waals surface area (Å²) in [6.45, 7) is 7.50. The summed E-state index contributed by atoms with van der Waals surface area (Å²) in [5, 5.41) is 11.7. The van der Waals surface area contributed by atoms with Gasteiger partial charge in [-0.15, -0.1) is 21.5 Å². The zero-order valence-corrected chi connectivity index (χ0v) is 16.1.